The molecule has 134 valence electrons. The van der Waals surface area contributed by atoms with Gasteiger partial charge in [0.25, 0.3) is 5.91 Å². The van der Waals surface area contributed by atoms with Crippen LogP contribution in [0.25, 0.3) is 11.3 Å². The number of carbonyl (C=O) groups is 2. The molecule has 0 saturated carbocycles. The third-order valence-electron chi connectivity index (χ3n) is 3.60. The van der Waals surface area contributed by atoms with Gasteiger partial charge in [0.1, 0.15) is 23.1 Å². The van der Waals surface area contributed by atoms with E-state index >= 15 is 0 Å². The lowest BCUT2D eigenvalue weighted by Crippen LogP contribution is -2.41. The second-order valence-corrected chi connectivity index (χ2v) is 6.87. The topological polar surface area (TPSA) is 92.4 Å². The molecule has 0 radical (unpaired) electrons. The van der Waals surface area contributed by atoms with Crippen LogP contribution in [0, 0.1) is 12.8 Å². The second-order valence-electron chi connectivity index (χ2n) is 6.05. The van der Waals surface area contributed by atoms with Gasteiger partial charge in [-0.2, -0.15) is 0 Å². The van der Waals surface area contributed by atoms with E-state index in [2.05, 4.69) is 10.5 Å². The predicted molar refractivity (Wildman–Crippen MR) is 95.0 cm³/mol. The van der Waals surface area contributed by atoms with Crippen molar-refractivity contribution in [3.05, 3.63) is 39.6 Å². The molecule has 0 unspecified atom stereocenters. The zero-order valence-electron chi connectivity index (χ0n) is 14.0. The van der Waals surface area contributed by atoms with E-state index in [1.165, 1.54) is 0 Å². The van der Waals surface area contributed by atoms with Crippen LogP contribution in [-0.4, -0.2) is 28.2 Å². The molecule has 2 rings (SSSR count). The smallest absolute Gasteiger partial charge is 0.326 e. The van der Waals surface area contributed by atoms with Gasteiger partial charge in [0.2, 0.25) is 0 Å². The standard InChI is InChI=1S/C17H18Cl2N2O4/c1-8(2)7-12(17(23)24)20-16(22)13-9(3)25-21-15(13)14-10(18)5-4-6-11(14)19/h4-6,8,12H,7H2,1-3H3,(H,20,22)(H,23,24)/t12-/m1/s1. The Hall–Kier alpha value is -2.05. The fourth-order valence-electron chi connectivity index (χ4n) is 2.46. The molecule has 0 aliphatic rings. The molecule has 0 aliphatic carbocycles. The molecule has 2 aromatic rings. The minimum atomic E-state index is -1.10. The molecule has 0 spiro atoms. The molecule has 6 nitrogen and oxygen atoms in total. The Labute approximate surface area is 155 Å². The normalized spacial score (nSPS) is 12.2. The zero-order chi connectivity index (χ0) is 18.7. The van der Waals surface area contributed by atoms with Gasteiger partial charge in [-0.1, -0.05) is 48.3 Å². The summed E-state index contributed by atoms with van der Waals surface area (Å²) in [6.07, 6.45) is 0.299. The number of halogens is 2. The highest BCUT2D eigenvalue weighted by molar-refractivity contribution is 6.39. The molecule has 0 saturated heterocycles. The first-order valence-corrected chi connectivity index (χ1v) is 8.42. The molecule has 25 heavy (non-hydrogen) atoms. The maximum absolute atomic E-state index is 12.7. The van der Waals surface area contributed by atoms with E-state index in [0.29, 0.717) is 22.0 Å². The van der Waals surface area contributed by atoms with E-state index in [-0.39, 0.29) is 22.9 Å². The quantitative estimate of drug-likeness (QED) is 0.778. The van der Waals surface area contributed by atoms with Crippen LogP contribution in [0.2, 0.25) is 10.0 Å². The molecule has 1 aromatic carbocycles. The van der Waals surface area contributed by atoms with E-state index in [4.69, 9.17) is 27.7 Å². The number of aryl methyl sites for hydroxylation is 1. The summed E-state index contributed by atoms with van der Waals surface area (Å²) in [5.41, 5.74) is 0.660. The number of amides is 1. The van der Waals surface area contributed by atoms with Crippen molar-refractivity contribution in [3.63, 3.8) is 0 Å². The number of carboxylic acid groups (broad SMARTS) is 1. The summed E-state index contributed by atoms with van der Waals surface area (Å²) in [5, 5.41) is 16.3. The van der Waals surface area contributed by atoms with Gasteiger partial charge in [0, 0.05) is 5.56 Å². The SMILES string of the molecule is Cc1onc(-c2c(Cl)cccc2Cl)c1C(=O)N[C@H](CC(C)C)C(=O)O. The first-order valence-electron chi connectivity index (χ1n) is 7.66. The number of nitrogens with zero attached hydrogens (tertiary/aromatic N) is 1. The third kappa shape index (κ3) is 4.32. The first-order chi connectivity index (χ1) is 11.7. The van der Waals surface area contributed by atoms with Crippen molar-refractivity contribution in [2.24, 2.45) is 5.92 Å². The monoisotopic (exact) mass is 384 g/mol. The van der Waals surface area contributed by atoms with Crippen molar-refractivity contribution in [1.82, 2.24) is 10.5 Å². The number of aliphatic carboxylic acids is 1. The maximum atomic E-state index is 12.7. The van der Waals surface area contributed by atoms with Crippen molar-refractivity contribution >= 4 is 35.1 Å². The molecular weight excluding hydrogens is 367 g/mol. The largest absolute Gasteiger partial charge is 0.480 e. The lowest BCUT2D eigenvalue weighted by atomic mass is 10.0. The van der Waals surface area contributed by atoms with Crippen molar-refractivity contribution in [1.29, 1.82) is 0 Å². The van der Waals surface area contributed by atoms with Crippen molar-refractivity contribution < 1.29 is 19.2 Å². The summed E-state index contributed by atoms with van der Waals surface area (Å²) in [4.78, 5) is 24.1. The Bertz CT molecular complexity index is 782. The number of carboxylic acids is 1. The Morgan fingerprint density at radius 2 is 1.88 bits per heavy atom. The number of carbonyl (C=O) groups excluding carboxylic acids is 1. The van der Waals surface area contributed by atoms with E-state index in [1.807, 2.05) is 13.8 Å². The summed E-state index contributed by atoms with van der Waals surface area (Å²) in [7, 11) is 0. The fraction of sp³-hybridized carbons (Fsp3) is 0.353. The van der Waals surface area contributed by atoms with Crippen molar-refractivity contribution in [3.8, 4) is 11.3 Å². The van der Waals surface area contributed by atoms with Crippen LogP contribution in [0.15, 0.2) is 22.7 Å². The molecule has 1 heterocycles. The summed E-state index contributed by atoms with van der Waals surface area (Å²) in [6.45, 7) is 5.32. The van der Waals surface area contributed by atoms with Gasteiger partial charge in [-0.15, -0.1) is 0 Å². The summed E-state index contributed by atoms with van der Waals surface area (Å²) in [6, 6.07) is 3.89. The number of hydrogen-bond acceptors (Lipinski definition) is 4. The molecule has 0 fully saturated rings. The third-order valence-corrected chi connectivity index (χ3v) is 4.23. The number of benzene rings is 1. The van der Waals surface area contributed by atoms with Crippen LogP contribution in [-0.2, 0) is 4.79 Å². The van der Waals surface area contributed by atoms with Crippen LogP contribution >= 0.6 is 23.2 Å². The zero-order valence-corrected chi connectivity index (χ0v) is 15.5. The Kier molecular flexibility index (Phi) is 6.08. The lowest BCUT2D eigenvalue weighted by molar-refractivity contribution is -0.139. The predicted octanol–water partition coefficient (Wildman–Crippen LogP) is 4.19. The number of aromatic nitrogens is 1. The molecule has 2 N–H and O–H groups in total. The van der Waals surface area contributed by atoms with Gasteiger partial charge in [0.15, 0.2) is 0 Å². The minimum Gasteiger partial charge on any atom is -0.480 e. The second kappa shape index (κ2) is 7.89. The Balaban J connectivity index is 2.42. The summed E-state index contributed by atoms with van der Waals surface area (Å²) in [5.74, 6) is -1.36. The summed E-state index contributed by atoms with van der Waals surface area (Å²) < 4.78 is 5.13. The molecule has 0 bridgehead atoms. The Morgan fingerprint density at radius 1 is 1.28 bits per heavy atom. The fourth-order valence-corrected chi connectivity index (χ4v) is 3.03. The van der Waals surface area contributed by atoms with Crippen molar-refractivity contribution in [2.75, 3.05) is 0 Å². The highest BCUT2D eigenvalue weighted by Crippen LogP contribution is 2.36. The molecular formula is C17H18Cl2N2O4. The van der Waals surface area contributed by atoms with Gasteiger partial charge >= 0.3 is 5.97 Å². The maximum Gasteiger partial charge on any atom is 0.326 e. The average Bonchev–Trinajstić information content (AvgIpc) is 2.87. The van der Waals surface area contributed by atoms with Gasteiger partial charge in [-0.3, -0.25) is 4.79 Å². The van der Waals surface area contributed by atoms with E-state index in [0.717, 1.165) is 0 Å². The first kappa shape index (κ1) is 19.3. The van der Waals surface area contributed by atoms with Gasteiger partial charge < -0.3 is 14.9 Å². The van der Waals surface area contributed by atoms with Gasteiger partial charge in [-0.05, 0) is 31.4 Å². The van der Waals surface area contributed by atoms with Crippen LogP contribution in [0.4, 0.5) is 0 Å². The minimum absolute atomic E-state index is 0.0995. The van der Waals surface area contributed by atoms with Crippen LogP contribution in [0.3, 0.4) is 0 Å². The van der Waals surface area contributed by atoms with Gasteiger partial charge in [0.05, 0.1) is 10.0 Å². The number of rotatable bonds is 6. The molecule has 0 aliphatic heterocycles. The molecule has 1 amide bonds. The molecule has 1 atom stereocenters. The van der Waals surface area contributed by atoms with Crippen molar-refractivity contribution in [2.45, 2.75) is 33.2 Å². The van der Waals surface area contributed by atoms with E-state index in [1.54, 1.807) is 25.1 Å². The molecule has 1 aromatic heterocycles. The van der Waals surface area contributed by atoms with E-state index < -0.39 is 17.9 Å². The summed E-state index contributed by atoms with van der Waals surface area (Å²) >= 11 is 12.4. The van der Waals surface area contributed by atoms with Crippen LogP contribution in [0.1, 0.15) is 36.4 Å². The highest BCUT2D eigenvalue weighted by Gasteiger charge is 2.28. The Morgan fingerprint density at radius 3 is 2.40 bits per heavy atom. The number of hydrogen-bond donors (Lipinski definition) is 2. The average molecular weight is 385 g/mol. The van der Waals surface area contributed by atoms with E-state index in [9.17, 15) is 14.7 Å². The van der Waals surface area contributed by atoms with Crippen LogP contribution in [0.5, 0.6) is 0 Å². The lowest BCUT2D eigenvalue weighted by Gasteiger charge is -2.16. The molecule has 8 heteroatoms. The van der Waals surface area contributed by atoms with Gasteiger partial charge in [-0.25, -0.2) is 4.79 Å². The number of nitrogens with one attached hydrogen (secondary N) is 1. The van der Waals surface area contributed by atoms with Crippen LogP contribution < -0.4 is 5.32 Å². The highest BCUT2D eigenvalue weighted by atomic mass is 35.5.